The zero-order valence-corrected chi connectivity index (χ0v) is 15.7. The third-order valence-corrected chi connectivity index (χ3v) is 5.47. The molecule has 6 nitrogen and oxygen atoms in total. The van der Waals surface area contributed by atoms with E-state index in [4.69, 9.17) is 11.0 Å². The highest BCUT2D eigenvalue weighted by molar-refractivity contribution is 6.07. The first kappa shape index (κ1) is 17.2. The molecule has 2 aromatic rings. The quantitative estimate of drug-likeness (QED) is 0.846. The SMILES string of the molecule is CN1C(=O)C2(CC(C)(C)Cc3ccc(-c4cncc(C#N)c4)cc32)N=C1N. The van der Waals surface area contributed by atoms with Crippen molar-refractivity contribution >= 4 is 11.9 Å². The number of aliphatic imine (C=N–C) groups is 1. The Kier molecular flexibility index (Phi) is 3.60. The van der Waals surface area contributed by atoms with Gasteiger partial charge in [0.05, 0.1) is 5.56 Å². The highest BCUT2D eigenvalue weighted by Crippen LogP contribution is 2.50. The summed E-state index contributed by atoms with van der Waals surface area (Å²) >= 11 is 0. The molecule has 1 aromatic carbocycles. The molecule has 0 saturated heterocycles. The summed E-state index contributed by atoms with van der Waals surface area (Å²) in [5, 5.41) is 9.15. The van der Waals surface area contributed by atoms with Gasteiger partial charge in [-0.2, -0.15) is 5.26 Å². The number of carbonyl (C=O) groups is 1. The predicted octanol–water partition coefficient (Wildman–Crippen LogP) is 2.57. The van der Waals surface area contributed by atoms with Gasteiger partial charge in [-0.15, -0.1) is 0 Å². The van der Waals surface area contributed by atoms with E-state index in [1.807, 2.05) is 12.1 Å². The number of carbonyl (C=O) groups excluding carboxylic acids is 1. The van der Waals surface area contributed by atoms with Crippen molar-refractivity contribution in [2.24, 2.45) is 16.1 Å². The van der Waals surface area contributed by atoms with Crippen LogP contribution in [0.1, 0.15) is 37.0 Å². The van der Waals surface area contributed by atoms with Crippen molar-refractivity contribution in [3.8, 4) is 17.2 Å². The Balaban J connectivity index is 1.92. The molecule has 2 aliphatic rings. The molecule has 0 radical (unpaired) electrons. The molecule has 1 spiro atoms. The molecule has 6 heteroatoms. The van der Waals surface area contributed by atoms with Crippen LogP contribution < -0.4 is 5.73 Å². The van der Waals surface area contributed by atoms with Gasteiger partial charge in [0, 0.05) is 25.0 Å². The first-order valence-corrected chi connectivity index (χ1v) is 8.88. The van der Waals surface area contributed by atoms with E-state index in [9.17, 15) is 4.79 Å². The minimum atomic E-state index is -0.980. The van der Waals surface area contributed by atoms with Crippen LogP contribution in [-0.2, 0) is 16.8 Å². The molecule has 136 valence electrons. The molecule has 27 heavy (non-hydrogen) atoms. The van der Waals surface area contributed by atoms with Crippen LogP contribution in [0.2, 0.25) is 0 Å². The van der Waals surface area contributed by atoms with Gasteiger partial charge >= 0.3 is 0 Å². The van der Waals surface area contributed by atoms with Crippen molar-refractivity contribution in [2.75, 3.05) is 7.05 Å². The second kappa shape index (κ2) is 5.65. The van der Waals surface area contributed by atoms with E-state index in [1.54, 1.807) is 19.3 Å². The summed E-state index contributed by atoms with van der Waals surface area (Å²) in [6.45, 7) is 4.31. The lowest BCUT2D eigenvalue weighted by atomic mass is 9.65. The third-order valence-electron chi connectivity index (χ3n) is 5.47. The predicted molar refractivity (Wildman–Crippen MR) is 103 cm³/mol. The molecule has 1 atom stereocenters. The summed E-state index contributed by atoms with van der Waals surface area (Å²) in [6, 6.07) is 10.0. The fourth-order valence-electron chi connectivity index (χ4n) is 4.31. The van der Waals surface area contributed by atoms with Crippen molar-refractivity contribution in [3.05, 3.63) is 53.3 Å². The molecule has 4 rings (SSSR count). The molecule has 0 fully saturated rings. The molecule has 0 bridgehead atoms. The number of guanidine groups is 1. The Morgan fingerprint density at radius 3 is 2.67 bits per heavy atom. The van der Waals surface area contributed by atoms with Crippen molar-refractivity contribution in [1.82, 2.24) is 9.88 Å². The van der Waals surface area contributed by atoms with Crippen LogP contribution >= 0.6 is 0 Å². The number of nitrogens with two attached hydrogens (primary N) is 1. The van der Waals surface area contributed by atoms with E-state index in [1.165, 1.54) is 11.1 Å². The number of nitrogens with zero attached hydrogens (tertiary/aromatic N) is 4. The topological polar surface area (TPSA) is 95.4 Å². The number of nitriles is 1. The molecular formula is C21H21N5O. The number of benzene rings is 1. The van der Waals surface area contributed by atoms with Crippen LogP contribution in [0.5, 0.6) is 0 Å². The summed E-state index contributed by atoms with van der Waals surface area (Å²) in [5.74, 6) is 0.164. The molecule has 1 aromatic heterocycles. The van der Waals surface area contributed by atoms with Gasteiger partial charge in [-0.05, 0) is 47.1 Å². The average Bonchev–Trinajstić information content (AvgIpc) is 2.85. The number of hydrogen-bond donors (Lipinski definition) is 1. The highest BCUT2D eigenvalue weighted by atomic mass is 16.2. The summed E-state index contributed by atoms with van der Waals surface area (Å²) in [7, 11) is 1.67. The summed E-state index contributed by atoms with van der Waals surface area (Å²) < 4.78 is 0. The van der Waals surface area contributed by atoms with Crippen molar-refractivity contribution in [2.45, 2.75) is 32.2 Å². The average molecular weight is 359 g/mol. The van der Waals surface area contributed by atoms with E-state index in [0.717, 1.165) is 28.7 Å². The zero-order chi connectivity index (χ0) is 19.4. The van der Waals surface area contributed by atoms with E-state index < -0.39 is 5.54 Å². The standard InChI is InChI=1S/C21H21N5O/c1-20(2)8-15-5-4-14(16-6-13(9-22)10-24-11-16)7-17(15)21(12-20)18(27)26(3)19(23)25-21/h4-7,10-11H,8,12H2,1-3H3,(H2,23,25). The minimum absolute atomic E-state index is 0.0680. The molecule has 1 aliphatic carbocycles. The number of likely N-dealkylation sites (N-methyl/N-ethyl adjacent to an activating group) is 1. The first-order valence-electron chi connectivity index (χ1n) is 8.88. The number of amides is 1. The van der Waals surface area contributed by atoms with Gasteiger partial charge in [0.1, 0.15) is 6.07 Å². The van der Waals surface area contributed by atoms with Gasteiger partial charge in [0.2, 0.25) is 0 Å². The van der Waals surface area contributed by atoms with Gasteiger partial charge in [-0.25, -0.2) is 4.99 Å². The molecule has 0 saturated carbocycles. The molecule has 2 N–H and O–H groups in total. The maximum absolute atomic E-state index is 13.2. The summed E-state index contributed by atoms with van der Waals surface area (Å²) in [6.07, 6.45) is 4.73. The van der Waals surface area contributed by atoms with Crippen LogP contribution in [0, 0.1) is 16.7 Å². The third kappa shape index (κ3) is 2.58. The number of aromatic nitrogens is 1. The monoisotopic (exact) mass is 359 g/mol. The van der Waals surface area contributed by atoms with Gasteiger partial charge in [-0.3, -0.25) is 14.7 Å². The van der Waals surface area contributed by atoms with Crippen LogP contribution in [0.15, 0.2) is 41.7 Å². The van der Waals surface area contributed by atoms with Gasteiger partial charge in [0.25, 0.3) is 5.91 Å². The second-order valence-electron chi connectivity index (χ2n) is 8.16. The lowest BCUT2D eigenvalue weighted by Crippen LogP contribution is -2.46. The van der Waals surface area contributed by atoms with Crippen LogP contribution in [0.3, 0.4) is 0 Å². The van der Waals surface area contributed by atoms with Crippen LogP contribution in [0.4, 0.5) is 0 Å². The number of pyridine rings is 1. The van der Waals surface area contributed by atoms with Crippen LogP contribution in [0.25, 0.3) is 11.1 Å². The van der Waals surface area contributed by atoms with Crippen LogP contribution in [-0.4, -0.2) is 28.8 Å². The fourth-order valence-corrected chi connectivity index (χ4v) is 4.31. The molecule has 1 amide bonds. The maximum Gasteiger partial charge on any atom is 0.261 e. The fraction of sp³-hybridized carbons (Fsp3) is 0.333. The summed E-state index contributed by atoms with van der Waals surface area (Å²) in [4.78, 5) is 23.4. The Morgan fingerprint density at radius 2 is 2.00 bits per heavy atom. The Labute approximate surface area is 158 Å². The highest BCUT2D eigenvalue weighted by Gasteiger charge is 2.54. The molecule has 1 unspecified atom stereocenters. The lowest BCUT2D eigenvalue weighted by Gasteiger charge is -2.41. The minimum Gasteiger partial charge on any atom is -0.369 e. The first-order chi connectivity index (χ1) is 12.8. The molecule has 2 heterocycles. The molecule has 1 aliphatic heterocycles. The number of fused-ring (bicyclic) bond motifs is 2. The normalized spacial score (nSPS) is 23.1. The number of hydrogen-bond acceptors (Lipinski definition) is 5. The van der Waals surface area contributed by atoms with Gasteiger partial charge in [0.15, 0.2) is 11.5 Å². The second-order valence-corrected chi connectivity index (χ2v) is 8.16. The van der Waals surface area contributed by atoms with Crippen molar-refractivity contribution < 1.29 is 4.79 Å². The smallest absolute Gasteiger partial charge is 0.261 e. The Morgan fingerprint density at radius 1 is 1.22 bits per heavy atom. The number of rotatable bonds is 1. The van der Waals surface area contributed by atoms with Gasteiger partial charge < -0.3 is 5.73 Å². The molecular weight excluding hydrogens is 338 g/mol. The van der Waals surface area contributed by atoms with E-state index in [2.05, 4.69) is 36.0 Å². The van der Waals surface area contributed by atoms with Gasteiger partial charge in [-0.1, -0.05) is 26.0 Å². The maximum atomic E-state index is 13.2. The van der Waals surface area contributed by atoms with E-state index in [0.29, 0.717) is 12.0 Å². The van der Waals surface area contributed by atoms with E-state index in [-0.39, 0.29) is 17.3 Å². The van der Waals surface area contributed by atoms with Crippen molar-refractivity contribution in [3.63, 3.8) is 0 Å². The summed E-state index contributed by atoms with van der Waals surface area (Å²) in [5.41, 5.74) is 9.23. The Hall–Kier alpha value is -3.20. The lowest BCUT2D eigenvalue weighted by molar-refractivity contribution is -0.132. The Bertz CT molecular complexity index is 1030. The largest absolute Gasteiger partial charge is 0.369 e. The van der Waals surface area contributed by atoms with E-state index >= 15 is 0 Å². The van der Waals surface area contributed by atoms with Crippen molar-refractivity contribution in [1.29, 1.82) is 5.26 Å². The zero-order valence-electron chi connectivity index (χ0n) is 15.7.